The number of pyridine rings is 1. The van der Waals surface area contributed by atoms with Crippen molar-refractivity contribution in [1.82, 2.24) is 15.2 Å². The molecule has 2 aliphatic rings. The number of benzene rings is 1. The molecule has 0 radical (unpaired) electrons. The summed E-state index contributed by atoms with van der Waals surface area (Å²) in [6.45, 7) is 3.91. The molecule has 4 nitrogen and oxygen atoms in total. The molecule has 0 bridgehead atoms. The number of carbonyl (C=O) groups is 1. The lowest BCUT2D eigenvalue weighted by atomic mass is 9.86. The number of aromatic nitrogens is 1. The zero-order chi connectivity index (χ0) is 14.3. The van der Waals surface area contributed by atoms with Crippen LogP contribution in [0.15, 0.2) is 36.5 Å². The standard InChI is InChI=1S/C17H19N3O/c21-16(20-9-6-17(12-20)5-8-18-11-17)14-3-4-15-13(10-14)2-1-7-19-15/h1-4,7,10,18H,5-6,8-9,11-12H2. The van der Waals surface area contributed by atoms with E-state index in [1.165, 1.54) is 6.42 Å². The summed E-state index contributed by atoms with van der Waals surface area (Å²) in [7, 11) is 0. The first kappa shape index (κ1) is 12.8. The summed E-state index contributed by atoms with van der Waals surface area (Å²) in [6, 6.07) is 9.71. The topological polar surface area (TPSA) is 45.2 Å². The average molecular weight is 281 g/mol. The molecule has 3 heterocycles. The van der Waals surface area contributed by atoms with E-state index in [-0.39, 0.29) is 5.91 Å². The molecule has 2 saturated heterocycles. The van der Waals surface area contributed by atoms with E-state index in [0.717, 1.165) is 49.1 Å². The summed E-state index contributed by atoms with van der Waals surface area (Å²) < 4.78 is 0. The van der Waals surface area contributed by atoms with Gasteiger partial charge in [0.2, 0.25) is 0 Å². The highest BCUT2D eigenvalue weighted by Crippen LogP contribution is 2.36. The van der Waals surface area contributed by atoms with Crippen molar-refractivity contribution in [3.05, 3.63) is 42.1 Å². The van der Waals surface area contributed by atoms with Gasteiger partial charge < -0.3 is 10.2 Å². The number of nitrogens with zero attached hydrogens (tertiary/aromatic N) is 2. The molecular formula is C17H19N3O. The van der Waals surface area contributed by atoms with Crippen LogP contribution in [-0.2, 0) is 0 Å². The third kappa shape index (κ3) is 2.20. The van der Waals surface area contributed by atoms with E-state index in [1.807, 2.05) is 35.2 Å². The number of rotatable bonds is 1. The monoisotopic (exact) mass is 281 g/mol. The molecule has 1 spiro atoms. The smallest absolute Gasteiger partial charge is 0.253 e. The van der Waals surface area contributed by atoms with Gasteiger partial charge in [-0.25, -0.2) is 0 Å². The van der Waals surface area contributed by atoms with Crippen LogP contribution in [-0.4, -0.2) is 42.0 Å². The van der Waals surface area contributed by atoms with Crippen molar-refractivity contribution in [2.45, 2.75) is 12.8 Å². The van der Waals surface area contributed by atoms with Gasteiger partial charge in [0.1, 0.15) is 0 Å². The minimum atomic E-state index is 0.157. The summed E-state index contributed by atoms with van der Waals surface area (Å²) in [5.74, 6) is 0.157. The zero-order valence-corrected chi connectivity index (χ0v) is 12.0. The van der Waals surface area contributed by atoms with Gasteiger partial charge in [0.15, 0.2) is 0 Å². The Labute approximate surface area is 124 Å². The summed E-state index contributed by atoms with van der Waals surface area (Å²) in [5, 5.41) is 4.46. The largest absolute Gasteiger partial charge is 0.338 e. The molecule has 1 atom stereocenters. The van der Waals surface area contributed by atoms with Gasteiger partial charge in [-0.1, -0.05) is 6.07 Å². The average Bonchev–Trinajstić information content (AvgIpc) is 3.17. The second kappa shape index (κ2) is 4.81. The van der Waals surface area contributed by atoms with Gasteiger partial charge in [0.05, 0.1) is 5.52 Å². The number of fused-ring (bicyclic) bond motifs is 1. The Hall–Kier alpha value is -1.94. The summed E-state index contributed by atoms with van der Waals surface area (Å²) in [5.41, 5.74) is 2.04. The molecule has 1 aromatic heterocycles. The second-order valence-corrected chi connectivity index (χ2v) is 6.31. The fraction of sp³-hybridized carbons (Fsp3) is 0.412. The van der Waals surface area contributed by atoms with E-state index in [4.69, 9.17) is 0 Å². The van der Waals surface area contributed by atoms with E-state index in [0.29, 0.717) is 5.41 Å². The van der Waals surface area contributed by atoms with Crippen LogP contribution in [0.5, 0.6) is 0 Å². The van der Waals surface area contributed by atoms with Crippen LogP contribution < -0.4 is 5.32 Å². The van der Waals surface area contributed by atoms with Crippen LogP contribution in [0.2, 0.25) is 0 Å². The third-order valence-electron chi connectivity index (χ3n) is 4.91. The van der Waals surface area contributed by atoms with Crippen molar-refractivity contribution in [2.24, 2.45) is 5.41 Å². The molecule has 1 N–H and O–H groups in total. The van der Waals surface area contributed by atoms with Crippen molar-refractivity contribution in [3.63, 3.8) is 0 Å². The summed E-state index contributed by atoms with van der Waals surface area (Å²) >= 11 is 0. The fourth-order valence-electron chi connectivity index (χ4n) is 3.64. The fourth-order valence-corrected chi connectivity index (χ4v) is 3.64. The lowest BCUT2D eigenvalue weighted by Gasteiger charge is -2.22. The van der Waals surface area contributed by atoms with Crippen molar-refractivity contribution in [2.75, 3.05) is 26.2 Å². The Bertz CT molecular complexity index is 691. The third-order valence-corrected chi connectivity index (χ3v) is 4.91. The summed E-state index contributed by atoms with van der Waals surface area (Å²) in [6.07, 6.45) is 4.10. The molecule has 2 aliphatic heterocycles. The molecule has 4 rings (SSSR count). The van der Waals surface area contributed by atoms with E-state index in [1.54, 1.807) is 6.20 Å². The Morgan fingerprint density at radius 1 is 1.29 bits per heavy atom. The molecule has 108 valence electrons. The van der Waals surface area contributed by atoms with Gasteiger partial charge in [-0.3, -0.25) is 9.78 Å². The van der Waals surface area contributed by atoms with Gasteiger partial charge in [0, 0.05) is 42.2 Å². The highest BCUT2D eigenvalue weighted by molar-refractivity contribution is 5.98. The Morgan fingerprint density at radius 3 is 3.10 bits per heavy atom. The van der Waals surface area contributed by atoms with Gasteiger partial charge in [-0.15, -0.1) is 0 Å². The predicted octanol–water partition coefficient (Wildman–Crippen LogP) is 2.06. The van der Waals surface area contributed by atoms with Gasteiger partial charge >= 0.3 is 0 Å². The molecule has 21 heavy (non-hydrogen) atoms. The predicted molar refractivity (Wildman–Crippen MR) is 82.2 cm³/mol. The molecule has 0 saturated carbocycles. The Morgan fingerprint density at radius 2 is 2.24 bits per heavy atom. The zero-order valence-electron chi connectivity index (χ0n) is 12.0. The molecule has 1 aromatic carbocycles. The van der Waals surface area contributed by atoms with Crippen LogP contribution in [0.3, 0.4) is 0 Å². The van der Waals surface area contributed by atoms with Crippen molar-refractivity contribution in [3.8, 4) is 0 Å². The number of likely N-dealkylation sites (tertiary alicyclic amines) is 1. The second-order valence-electron chi connectivity index (χ2n) is 6.31. The molecule has 4 heteroatoms. The highest BCUT2D eigenvalue weighted by atomic mass is 16.2. The van der Waals surface area contributed by atoms with E-state index in [2.05, 4.69) is 10.3 Å². The normalized spacial score (nSPS) is 25.0. The highest BCUT2D eigenvalue weighted by Gasteiger charge is 2.41. The van der Waals surface area contributed by atoms with Crippen LogP contribution in [0.25, 0.3) is 10.9 Å². The van der Waals surface area contributed by atoms with E-state index < -0.39 is 0 Å². The maximum absolute atomic E-state index is 12.7. The lowest BCUT2D eigenvalue weighted by Crippen LogP contribution is -2.33. The Balaban J connectivity index is 1.59. The first-order chi connectivity index (χ1) is 10.3. The van der Waals surface area contributed by atoms with Crippen LogP contribution >= 0.6 is 0 Å². The van der Waals surface area contributed by atoms with Gasteiger partial charge in [0.25, 0.3) is 5.91 Å². The van der Waals surface area contributed by atoms with Crippen molar-refractivity contribution < 1.29 is 4.79 Å². The minimum absolute atomic E-state index is 0.157. The molecule has 2 aromatic rings. The SMILES string of the molecule is O=C(c1ccc2ncccc2c1)N1CCC2(CCNC2)C1. The Kier molecular flexibility index (Phi) is 2.93. The lowest BCUT2D eigenvalue weighted by molar-refractivity contribution is 0.0776. The maximum Gasteiger partial charge on any atom is 0.253 e. The molecule has 2 fully saturated rings. The van der Waals surface area contributed by atoms with Gasteiger partial charge in [-0.2, -0.15) is 0 Å². The van der Waals surface area contributed by atoms with Crippen LogP contribution in [0, 0.1) is 5.41 Å². The summed E-state index contributed by atoms with van der Waals surface area (Å²) in [4.78, 5) is 19.0. The minimum Gasteiger partial charge on any atom is -0.338 e. The number of hydrogen-bond acceptors (Lipinski definition) is 3. The first-order valence-electron chi connectivity index (χ1n) is 7.61. The molecule has 1 unspecified atom stereocenters. The van der Waals surface area contributed by atoms with Crippen molar-refractivity contribution >= 4 is 16.8 Å². The van der Waals surface area contributed by atoms with Crippen molar-refractivity contribution in [1.29, 1.82) is 0 Å². The maximum atomic E-state index is 12.7. The number of carbonyl (C=O) groups excluding carboxylic acids is 1. The van der Waals surface area contributed by atoms with Crippen LogP contribution in [0.4, 0.5) is 0 Å². The quantitative estimate of drug-likeness (QED) is 0.870. The molecule has 0 aliphatic carbocycles. The molecular weight excluding hydrogens is 262 g/mol. The number of nitrogens with one attached hydrogen (secondary N) is 1. The van der Waals surface area contributed by atoms with E-state index >= 15 is 0 Å². The van der Waals surface area contributed by atoms with Crippen LogP contribution in [0.1, 0.15) is 23.2 Å². The number of hydrogen-bond donors (Lipinski definition) is 1. The van der Waals surface area contributed by atoms with Gasteiger partial charge in [-0.05, 0) is 43.7 Å². The number of amides is 1. The molecule has 1 amide bonds. The van der Waals surface area contributed by atoms with E-state index in [9.17, 15) is 4.79 Å². The first-order valence-corrected chi connectivity index (χ1v) is 7.61.